The second-order valence-electron chi connectivity index (χ2n) is 5.36. The zero-order chi connectivity index (χ0) is 15.0. The predicted molar refractivity (Wildman–Crippen MR) is 91.0 cm³/mol. The van der Waals surface area contributed by atoms with Gasteiger partial charge >= 0.3 is 0 Å². The van der Waals surface area contributed by atoms with Gasteiger partial charge in [0.05, 0.1) is 9.26 Å². The molecule has 0 spiro atoms. The zero-order valence-corrected chi connectivity index (χ0v) is 14.2. The van der Waals surface area contributed by atoms with Crippen LogP contribution in [0.2, 0.25) is 0 Å². The number of rotatable bonds is 4. The normalized spacial score (nSPS) is 14.3. The van der Waals surface area contributed by atoms with Gasteiger partial charge in [0, 0.05) is 18.0 Å². The topological polar surface area (TPSA) is 37.8 Å². The third kappa shape index (κ3) is 3.02. The number of nitrogens with one attached hydrogen (secondary N) is 1. The van der Waals surface area contributed by atoms with Crippen molar-refractivity contribution in [2.75, 3.05) is 11.9 Å². The molecule has 1 aromatic carbocycles. The molecule has 21 heavy (non-hydrogen) atoms. The molecule has 2 aromatic rings. The Morgan fingerprint density at radius 2 is 2.10 bits per heavy atom. The van der Waals surface area contributed by atoms with Crippen molar-refractivity contribution in [1.82, 2.24) is 9.97 Å². The van der Waals surface area contributed by atoms with E-state index in [4.69, 9.17) is 4.98 Å². The lowest BCUT2D eigenvalue weighted by Gasteiger charge is -2.12. The minimum atomic E-state index is -0.196. The minimum Gasteiger partial charge on any atom is -0.369 e. The molecule has 1 aliphatic rings. The number of hydrogen-bond donors (Lipinski definition) is 1. The second-order valence-corrected chi connectivity index (χ2v) is 6.44. The molecule has 1 fully saturated rings. The summed E-state index contributed by atoms with van der Waals surface area (Å²) in [4.78, 5) is 9.36. The van der Waals surface area contributed by atoms with Crippen molar-refractivity contribution in [1.29, 1.82) is 0 Å². The van der Waals surface area contributed by atoms with Gasteiger partial charge in [-0.1, -0.05) is 0 Å². The molecular formula is C16H17FIN3. The van der Waals surface area contributed by atoms with Crippen LogP contribution in [0.1, 0.15) is 36.9 Å². The quantitative estimate of drug-likeness (QED) is 0.772. The van der Waals surface area contributed by atoms with Crippen LogP contribution < -0.4 is 5.32 Å². The Bertz CT molecular complexity index is 683. The van der Waals surface area contributed by atoms with Crippen molar-refractivity contribution < 1.29 is 4.39 Å². The van der Waals surface area contributed by atoms with Gasteiger partial charge < -0.3 is 5.32 Å². The maximum atomic E-state index is 13.4. The van der Waals surface area contributed by atoms with Gasteiger partial charge in [-0.3, -0.25) is 0 Å². The summed E-state index contributed by atoms with van der Waals surface area (Å²) in [5.74, 6) is 1.92. The van der Waals surface area contributed by atoms with E-state index in [0.717, 1.165) is 27.2 Å². The maximum Gasteiger partial charge on any atom is 0.161 e. The van der Waals surface area contributed by atoms with E-state index < -0.39 is 0 Å². The molecule has 3 nitrogen and oxygen atoms in total. The standard InChI is InChI=1S/C16H17FIN3/c1-3-19-16-13(18)14(10-4-5-10)20-15(21-16)11-6-7-12(17)9(2)8-11/h6-8,10H,3-5H2,1-2H3,(H,19,20,21). The van der Waals surface area contributed by atoms with Crippen molar-refractivity contribution in [2.45, 2.75) is 32.6 Å². The Morgan fingerprint density at radius 3 is 2.71 bits per heavy atom. The van der Waals surface area contributed by atoms with Crippen LogP contribution in [-0.2, 0) is 0 Å². The fourth-order valence-electron chi connectivity index (χ4n) is 2.29. The summed E-state index contributed by atoms with van der Waals surface area (Å²) in [6.07, 6.45) is 2.39. The summed E-state index contributed by atoms with van der Waals surface area (Å²) in [6, 6.07) is 5.04. The smallest absolute Gasteiger partial charge is 0.161 e. The lowest BCUT2D eigenvalue weighted by Crippen LogP contribution is -2.07. The molecule has 110 valence electrons. The van der Waals surface area contributed by atoms with E-state index in [0.29, 0.717) is 17.3 Å². The molecule has 0 saturated heterocycles. The highest BCUT2D eigenvalue weighted by Crippen LogP contribution is 2.43. The molecule has 0 aliphatic heterocycles. The first kappa shape index (κ1) is 14.7. The molecule has 5 heteroatoms. The fraction of sp³-hybridized carbons (Fsp3) is 0.375. The monoisotopic (exact) mass is 397 g/mol. The van der Waals surface area contributed by atoms with Crippen LogP contribution in [0.3, 0.4) is 0 Å². The van der Waals surface area contributed by atoms with Crippen molar-refractivity contribution >= 4 is 28.4 Å². The SMILES string of the molecule is CCNc1nc(-c2ccc(F)c(C)c2)nc(C2CC2)c1I. The van der Waals surface area contributed by atoms with E-state index in [1.54, 1.807) is 13.0 Å². The summed E-state index contributed by atoms with van der Waals surface area (Å²) in [6.45, 7) is 4.63. The van der Waals surface area contributed by atoms with Crippen molar-refractivity contribution in [3.8, 4) is 11.4 Å². The lowest BCUT2D eigenvalue weighted by molar-refractivity contribution is 0.618. The molecule has 0 amide bonds. The largest absolute Gasteiger partial charge is 0.369 e. The van der Waals surface area contributed by atoms with Crippen LogP contribution in [0.4, 0.5) is 10.2 Å². The van der Waals surface area contributed by atoms with Crippen LogP contribution in [0.15, 0.2) is 18.2 Å². The van der Waals surface area contributed by atoms with E-state index in [1.165, 1.54) is 18.9 Å². The number of halogens is 2. The van der Waals surface area contributed by atoms with E-state index in [-0.39, 0.29) is 5.82 Å². The number of aromatic nitrogens is 2. The zero-order valence-electron chi connectivity index (χ0n) is 12.1. The Labute approximate surface area is 137 Å². The molecule has 0 atom stereocenters. The van der Waals surface area contributed by atoms with Crippen molar-refractivity contribution in [3.63, 3.8) is 0 Å². The third-order valence-corrected chi connectivity index (χ3v) is 4.66. The van der Waals surface area contributed by atoms with Gasteiger partial charge in [-0.05, 0) is 73.0 Å². The van der Waals surface area contributed by atoms with Gasteiger partial charge in [-0.15, -0.1) is 0 Å². The molecule has 1 heterocycles. The number of hydrogen-bond acceptors (Lipinski definition) is 3. The Balaban J connectivity index is 2.10. The summed E-state index contributed by atoms with van der Waals surface area (Å²) in [5, 5.41) is 3.30. The fourth-order valence-corrected chi connectivity index (χ4v) is 3.16. The second kappa shape index (κ2) is 5.87. The van der Waals surface area contributed by atoms with Crippen LogP contribution in [0.5, 0.6) is 0 Å². The molecule has 1 aliphatic carbocycles. The Hall–Kier alpha value is -1.24. The average Bonchev–Trinajstić information content (AvgIpc) is 3.29. The van der Waals surface area contributed by atoms with Crippen molar-refractivity contribution in [3.05, 3.63) is 38.8 Å². The number of benzene rings is 1. The maximum absolute atomic E-state index is 13.4. The minimum absolute atomic E-state index is 0.196. The molecule has 1 N–H and O–H groups in total. The first-order chi connectivity index (χ1) is 10.1. The highest BCUT2D eigenvalue weighted by Gasteiger charge is 2.29. The highest BCUT2D eigenvalue weighted by molar-refractivity contribution is 14.1. The Morgan fingerprint density at radius 1 is 1.33 bits per heavy atom. The average molecular weight is 397 g/mol. The summed E-state index contributed by atoms with van der Waals surface area (Å²) in [7, 11) is 0. The first-order valence-corrected chi connectivity index (χ1v) is 8.26. The van der Waals surface area contributed by atoms with Gasteiger partial charge in [0.25, 0.3) is 0 Å². The van der Waals surface area contributed by atoms with Crippen LogP contribution in [-0.4, -0.2) is 16.5 Å². The molecule has 1 saturated carbocycles. The predicted octanol–water partition coefficient (Wildman–Crippen LogP) is 4.50. The summed E-state index contributed by atoms with van der Waals surface area (Å²) < 4.78 is 14.6. The Kier molecular flexibility index (Phi) is 4.10. The van der Waals surface area contributed by atoms with Gasteiger partial charge in [-0.2, -0.15) is 0 Å². The van der Waals surface area contributed by atoms with E-state index in [9.17, 15) is 4.39 Å². The number of nitrogens with zero attached hydrogens (tertiary/aromatic N) is 2. The number of aryl methyl sites for hydroxylation is 1. The number of anilines is 1. The molecular weight excluding hydrogens is 380 g/mol. The summed E-state index contributed by atoms with van der Waals surface area (Å²) in [5.41, 5.74) is 2.61. The van der Waals surface area contributed by atoms with E-state index in [2.05, 4.69) is 39.8 Å². The molecule has 0 radical (unpaired) electrons. The van der Waals surface area contributed by atoms with Gasteiger partial charge in [0.15, 0.2) is 5.82 Å². The van der Waals surface area contributed by atoms with Gasteiger partial charge in [-0.25, -0.2) is 14.4 Å². The molecule has 3 rings (SSSR count). The van der Waals surface area contributed by atoms with Gasteiger partial charge in [0.1, 0.15) is 11.6 Å². The van der Waals surface area contributed by atoms with Gasteiger partial charge in [0.2, 0.25) is 0 Å². The molecule has 1 aromatic heterocycles. The van der Waals surface area contributed by atoms with Crippen LogP contribution in [0, 0.1) is 16.3 Å². The van der Waals surface area contributed by atoms with E-state index in [1.807, 2.05) is 6.07 Å². The highest BCUT2D eigenvalue weighted by atomic mass is 127. The van der Waals surface area contributed by atoms with Crippen LogP contribution in [0.25, 0.3) is 11.4 Å². The van der Waals surface area contributed by atoms with E-state index >= 15 is 0 Å². The third-order valence-electron chi connectivity index (χ3n) is 3.60. The summed E-state index contributed by atoms with van der Waals surface area (Å²) >= 11 is 2.32. The lowest BCUT2D eigenvalue weighted by atomic mass is 10.1. The molecule has 0 bridgehead atoms. The molecule has 0 unspecified atom stereocenters. The van der Waals surface area contributed by atoms with Crippen LogP contribution >= 0.6 is 22.6 Å². The van der Waals surface area contributed by atoms with Crippen molar-refractivity contribution in [2.24, 2.45) is 0 Å². The first-order valence-electron chi connectivity index (χ1n) is 7.18.